The van der Waals surface area contributed by atoms with Crippen LogP contribution in [-0.4, -0.2) is 20.1 Å². The summed E-state index contributed by atoms with van der Waals surface area (Å²) in [5, 5.41) is 18.8. The molecule has 0 atom stereocenters. The quantitative estimate of drug-likeness (QED) is 0.526. The normalized spacial score (nSPS) is 10.2. The minimum Gasteiger partial charge on any atom is -1.00 e. The molecule has 1 N–H and O–H groups in total. The van der Waals surface area contributed by atoms with Crippen molar-refractivity contribution in [1.29, 1.82) is 0 Å². The van der Waals surface area contributed by atoms with Crippen LogP contribution >= 0.6 is 0 Å². The van der Waals surface area contributed by atoms with Gasteiger partial charge in [0.25, 0.3) is 0 Å². The van der Waals surface area contributed by atoms with Gasteiger partial charge in [-0.25, -0.2) is 0 Å². The summed E-state index contributed by atoms with van der Waals surface area (Å²) in [4.78, 5) is 3.52. The summed E-state index contributed by atoms with van der Waals surface area (Å²) >= 11 is 0. The summed E-state index contributed by atoms with van der Waals surface area (Å²) in [7, 11) is 0. The molecule has 4 aromatic rings. The number of phenolic OH excluding ortho intramolecular Hbond substituents is 1. The number of tetrazole rings is 1. The molecule has 6 heteroatoms. The Bertz CT molecular complexity index is 897. The molecule has 0 aliphatic heterocycles. The van der Waals surface area contributed by atoms with E-state index in [1.807, 2.05) is 60.7 Å². The second-order valence-electron chi connectivity index (χ2n) is 5.32. The van der Waals surface area contributed by atoms with Crippen LogP contribution in [0.3, 0.4) is 0 Å². The average Bonchev–Trinajstić information content (AvgIpc) is 3.09. The summed E-state index contributed by atoms with van der Waals surface area (Å²) in [5.41, 5.74) is 2.67. The second-order valence-corrected chi connectivity index (χ2v) is 5.32. The van der Waals surface area contributed by atoms with Crippen molar-refractivity contribution in [3.63, 3.8) is 0 Å². The van der Waals surface area contributed by atoms with Gasteiger partial charge in [-0.05, 0) is 58.4 Å². The zero-order chi connectivity index (χ0) is 16.4. The number of aromatic hydroxyl groups is 1. The number of benzene rings is 3. The van der Waals surface area contributed by atoms with Crippen LogP contribution in [0, 0.1) is 0 Å². The first kappa shape index (κ1) is 16.7. The van der Waals surface area contributed by atoms with Crippen molar-refractivity contribution in [2.45, 2.75) is 0 Å². The van der Waals surface area contributed by atoms with Crippen molar-refractivity contribution < 1.29 is 22.3 Å². The number of hydrogen-bond donors (Lipinski definition) is 1. The van der Waals surface area contributed by atoms with Crippen LogP contribution in [0.5, 0.6) is 5.75 Å². The molecule has 0 amide bonds. The molecule has 0 saturated carbocycles. The maximum absolute atomic E-state index is 9.47. The summed E-state index contributed by atoms with van der Waals surface area (Å²) in [6, 6.07) is 26.6. The fourth-order valence-corrected chi connectivity index (χ4v) is 2.47. The molecule has 0 aliphatic rings. The lowest BCUT2D eigenvalue weighted by Gasteiger charge is -1.98. The lowest BCUT2D eigenvalue weighted by molar-refractivity contribution is -0.734. The van der Waals surface area contributed by atoms with Gasteiger partial charge in [-0.3, -0.25) is 0 Å². The topological polar surface area (TPSA) is 54.8 Å². The number of rotatable bonds is 3. The Hall–Kier alpha value is -3.18. The molecule has 124 valence electrons. The molecule has 0 unspecified atom stereocenters. The molecule has 0 fully saturated rings. The number of aromatic nitrogens is 4. The third-order valence-corrected chi connectivity index (χ3v) is 3.66. The smallest absolute Gasteiger partial charge is 0.340 e. The summed E-state index contributed by atoms with van der Waals surface area (Å²) < 4.78 is 0. The zero-order valence-electron chi connectivity index (χ0n) is 13.2. The highest BCUT2D eigenvalue weighted by atomic mass is 35.5. The SMILES string of the molecule is Oc1ccc(-c2nn(-c3ccccc3)[n+](-c3ccccc3)n2)cc1.[Cl-]. The molecular formula is C19H15ClN4O. The first-order valence-corrected chi connectivity index (χ1v) is 7.61. The highest BCUT2D eigenvalue weighted by Gasteiger charge is 2.22. The predicted molar refractivity (Wildman–Crippen MR) is 90.0 cm³/mol. The van der Waals surface area contributed by atoms with Gasteiger partial charge in [-0.15, -0.1) is 0 Å². The standard InChI is InChI=1S/C19H14N4O.ClH/c24-18-13-11-15(12-14-18)19-20-22(16-7-3-1-4-8-16)23(21-19)17-9-5-2-6-10-17;/h1-14H;1H. The van der Waals surface area contributed by atoms with Crippen molar-refractivity contribution in [2.24, 2.45) is 0 Å². The average molecular weight is 351 g/mol. The molecular weight excluding hydrogens is 336 g/mol. The van der Waals surface area contributed by atoms with Crippen molar-refractivity contribution in [2.75, 3.05) is 0 Å². The first-order chi connectivity index (χ1) is 11.8. The molecule has 25 heavy (non-hydrogen) atoms. The minimum atomic E-state index is 0. The summed E-state index contributed by atoms with van der Waals surface area (Å²) in [6.07, 6.45) is 0. The maximum atomic E-state index is 9.47. The molecule has 0 bridgehead atoms. The number of nitrogens with zero attached hydrogens (tertiary/aromatic N) is 4. The molecule has 0 saturated heterocycles. The van der Waals surface area contributed by atoms with E-state index in [0.29, 0.717) is 5.82 Å². The van der Waals surface area contributed by atoms with E-state index in [-0.39, 0.29) is 18.2 Å². The van der Waals surface area contributed by atoms with Gasteiger partial charge in [0.2, 0.25) is 0 Å². The lowest BCUT2D eigenvalue weighted by Crippen LogP contribution is -3.00. The van der Waals surface area contributed by atoms with Gasteiger partial charge < -0.3 is 17.5 Å². The summed E-state index contributed by atoms with van der Waals surface area (Å²) in [6.45, 7) is 0. The van der Waals surface area contributed by atoms with Crippen LogP contribution in [0.2, 0.25) is 0 Å². The third kappa shape index (κ3) is 3.36. The molecule has 5 nitrogen and oxygen atoms in total. The van der Waals surface area contributed by atoms with E-state index in [1.54, 1.807) is 33.9 Å². The van der Waals surface area contributed by atoms with E-state index in [9.17, 15) is 5.11 Å². The molecule has 1 aromatic heterocycles. The Labute approximate surface area is 151 Å². The second kappa shape index (κ2) is 7.15. The molecule has 3 aromatic carbocycles. The van der Waals surface area contributed by atoms with Crippen LogP contribution in [0.25, 0.3) is 22.8 Å². The van der Waals surface area contributed by atoms with Crippen molar-refractivity contribution in [3.8, 4) is 28.5 Å². The number of hydrogen-bond acceptors (Lipinski definition) is 3. The van der Waals surface area contributed by atoms with Crippen molar-refractivity contribution in [1.82, 2.24) is 15.0 Å². The van der Waals surface area contributed by atoms with E-state index >= 15 is 0 Å². The van der Waals surface area contributed by atoms with E-state index in [4.69, 9.17) is 0 Å². The Balaban J connectivity index is 0.00000182. The fraction of sp³-hybridized carbons (Fsp3) is 0. The van der Waals surface area contributed by atoms with Crippen LogP contribution in [-0.2, 0) is 0 Å². The summed E-state index contributed by atoms with van der Waals surface area (Å²) in [5.74, 6) is 0.805. The van der Waals surface area contributed by atoms with E-state index in [1.165, 1.54) is 0 Å². The molecule has 4 rings (SSSR count). The van der Waals surface area contributed by atoms with Crippen molar-refractivity contribution >= 4 is 0 Å². The number of halogens is 1. The van der Waals surface area contributed by atoms with Gasteiger partial charge in [0.15, 0.2) is 5.69 Å². The van der Waals surface area contributed by atoms with Gasteiger partial charge in [-0.1, -0.05) is 36.4 Å². The highest BCUT2D eigenvalue weighted by Crippen LogP contribution is 2.18. The Kier molecular flexibility index (Phi) is 4.77. The Morgan fingerprint density at radius 3 is 2.00 bits per heavy atom. The van der Waals surface area contributed by atoms with E-state index in [0.717, 1.165) is 16.9 Å². The van der Waals surface area contributed by atoms with Crippen LogP contribution in [0.15, 0.2) is 84.9 Å². The zero-order valence-corrected chi connectivity index (χ0v) is 14.0. The number of phenols is 1. The van der Waals surface area contributed by atoms with Crippen LogP contribution in [0.1, 0.15) is 0 Å². The maximum Gasteiger partial charge on any atom is 0.340 e. The monoisotopic (exact) mass is 350 g/mol. The highest BCUT2D eigenvalue weighted by molar-refractivity contribution is 5.55. The molecule has 1 heterocycles. The largest absolute Gasteiger partial charge is 1.00 e. The number of para-hydroxylation sites is 2. The predicted octanol–water partition coefficient (Wildman–Crippen LogP) is -0.0794. The Morgan fingerprint density at radius 1 is 0.760 bits per heavy atom. The van der Waals surface area contributed by atoms with Crippen LogP contribution in [0.4, 0.5) is 0 Å². The first-order valence-electron chi connectivity index (χ1n) is 7.61. The molecule has 0 aliphatic carbocycles. The van der Waals surface area contributed by atoms with E-state index in [2.05, 4.69) is 10.2 Å². The fourth-order valence-electron chi connectivity index (χ4n) is 2.47. The Morgan fingerprint density at radius 2 is 1.36 bits per heavy atom. The minimum absolute atomic E-state index is 0. The third-order valence-electron chi connectivity index (χ3n) is 3.66. The van der Waals surface area contributed by atoms with Gasteiger partial charge >= 0.3 is 5.82 Å². The van der Waals surface area contributed by atoms with Gasteiger partial charge in [0, 0.05) is 4.80 Å². The van der Waals surface area contributed by atoms with Gasteiger partial charge in [0.1, 0.15) is 11.4 Å². The molecule has 0 spiro atoms. The van der Waals surface area contributed by atoms with Crippen LogP contribution < -0.4 is 17.2 Å². The van der Waals surface area contributed by atoms with E-state index < -0.39 is 0 Å². The van der Waals surface area contributed by atoms with Crippen molar-refractivity contribution in [3.05, 3.63) is 84.9 Å². The van der Waals surface area contributed by atoms with Gasteiger partial charge in [-0.2, -0.15) is 0 Å². The lowest BCUT2D eigenvalue weighted by atomic mass is 10.2. The molecule has 0 radical (unpaired) electrons. The van der Waals surface area contributed by atoms with Gasteiger partial charge in [0.05, 0.1) is 10.7 Å².